The number of hydrogen-bond donors (Lipinski definition) is 3. The summed E-state index contributed by atoms with van der Waals surface area (Å²) in [4.78, 5) is 32.7. The van der Waals surface area contributed by atoms with Gasteiger partial charge in [0.2, 0.25) is 6.41 Å². The molecule has 0 aliphatic heterocycles. The van der Waals surface area contributed by atoms with E-state index in [4.69, 9.17) is 5.41 Å². The van der Waals surface area contributed by atoms with E-state index in [1.54, 1.807) is 19.1 Å². The lowest BCUT2D eigenvalue weighted by atomic mass is 9.87. The van der Waals surface area contributed by atoms with Crippen molar-refractivity contribution in [1.29, 1.82) is 5.41 Å². The SMILES string of the molecule is CNCCNC=O.COC(=O)CC(C)(C=O)/C=C/n1nc(-c2ccc(F)cc2)cc(C(C)(C)C)c1=N. The third-order valence-corrected chi connectivity index (χ3v) is 5.15. The van der Waals surface area contributed by atoms with Crippen molar-refractivity contribution in [3.05, 3.63) is 53.3 Å². The Kier molecular flexibility index (Phi) is 11.8. The summed E-state index contributed by atoms with van der Waals surface area (Å²) in [6, 6.07) is 7.75. The molecule has 0 saturated carbocycles. The summed E-state index contributed by atoms with van der Waals surface area (Å²) in [5.41, 5.74) is 0.720. The van der Waals surface area contributed by atoms with Crippen LogP contribution in [0.15, 0.2) is 36.4 Å². The molecule has 10 heteroatoms. The fourth-order valence-corrected chi connectivity index (χ4v) is 2.98. The van der Waals surface area contributed by atoms with E-state index < -0.39 is 11.4 Å². The lowest BCUT2D eigenvalue weighted by Crippen LogP contribution is -2.31. The van der Waals surface area contributed by atoms with Gasteiger partial charge in [0.1, 0.15) is 17.6 Å². The molecule has 0 aliphatic rings. The molecule has 2 rings (SSSR count). The van der Waals surface area contributed by atoms with E-state index in [1.165, 1.54) is 36.2 Å². The molecule has 1 atom stereocenters. The number of rotatable bonds is 10. The Hall–Kier alpha value is -3.66. The van der Waals surface area contributed by atoms with Crippen molar-refractivity contribution in [3.63, 3.8) is 0 Å². The molecule has 9 nitrogen and oxygen atoms in total. The second kappa shape index (κ2) is 14.0. The number of carbonyl (C=O) groups excluding carboxylic acids is 3. The molecular formula is C26H36FN5O4. The van der Waals surface area contributed by atoms with E-state index in [1.807, 2.05) is 33.9 Å². The molecule has 1 aromatic carbocycles. The minimum absolute atomic E-state index is 0.124. The minimum Gasteiger partial charge on any atom is -0.469 e. The highest BCUT2D eigenvalue weighted by atomic mass is 19.1. The van der Waals surface area contributed by atoms with Gasteiger partial charge in [-0.05, 0) is 49.7 Å². The monoisotopic (exact) mass is 501 g/mol. The molecular weight excluding hydrogens is 465 g/mol. The number of aromatic nitrogens is 2. The van der Waals surface area contributed by atoms with Gasteiger partial charge in [-0.15, -0.1) is 0 Å². The summed E-state index contributed by atoms with van der Waals surface area (Å²) in [6.45, 7) is 9.09. The molecule has 36 heavy (non-hydrogen) atoms. The van der Waals surface area contributed by atoms with Gasteiger partial charge in [-0.1, -0.05) is 26.8 Å². The molecule has 1 unspecified atom stereocenters. The Morgan fingerprint density at radius 2 is 1.81 bits per heavy atom. The number of carbonyl (C=O) groups is 3. The molecule has 0 radical (unpaired) electrons. The molecule has 1 amide bonds. The summed E-state index contributed by atoms with van der Waals surface area (Å²) in [5, 5.41) is 18.4. The van der Waals surface area contributed by atoms with Crippen LogP contribution < -0.4 is 16.1 Å². The van der Waals surface area contributed by atoms with Crippen LogP contribution in [0.1, 0.15) is 39.7 Å². The van der Waals surface area contributed by atoms with Crippen LogP contribution in [0, 0.1) is 16.6 Å². The van der Waals surface area contributed by atoms with Crippen molar-refractivity contribution < 1.29 is 23.5 Å². The van der Waals surface area contributed by atoms with Crippen molar-refractivity contribution in [1.82, 2.24) is 20.4 Å². The summed E-state index contributed by atoms with van der Waals surface area (Å²) in [6.07, 6.45) is 4.27. The van der Waals surface area contributed by atoms with Crippen molar-refractivity contribution >= 4 is 24.9 Å². The topological polar surface area (TPSA) is 126 Å². The quantitative estimate of drug-likeness (QED) is 0.261. The zero-order chi connectivity index (χ0) is 27.4. The second-order valence-corrected chi connectivity index (χ2v) is 9.36. The number of allylic oxidation sites excluding steroid dienone is 1. The largest absolute Gasteiger partial charge is 0.469 e. The molecule has 3 N–H and O–H groups in total. The van der Waals surface area contributed by atoms with Crippen LogP contribution in [0.3, 0.4) is 0 Å². The second-order valence-electron chi connectivity index (χ2n) is 9.36. The van der Waals surface area contributed by atoms with E-state index in [9.17, 15) is 18.8 Å². The van der Waals surface area contributed by atoms with Gasteiger partial charge in [0.05, 0.1) is 24.6 Å². The van der Waals surface area contributed by atoms with Crippen LogP contribution in [0.4, 0.5) is 4.39 Å². The van der Waals surface area contributed by atoms with E-state index in [-0.39, 0.29) is 23.1 Å². The molecule has 1 heterocycles. The van der Waals surface area contributed by atoms with Crippen LogP contribution in [0.5, 0.6) is 0 Å². The number of nitrogens with one attached hydrogen (secondary N) is 3. The molecule has 0 fully saturated rings. The fourth-order valence-electron chi connectivity index (χ4n) is 2.98. The maximum atomic E-state index is 13.3. The van der Waals surface area contributed by atoms with Gasteiger partial charge in [0.25, 0.3) is 0 Å². The highest BCUT2D eigenvalue weighted by molar-refractivity contribution is 5.77. The predicted molar refractivity (Wildman–Crippen MR) is 136 cm³/mol. The molecule has 0 saturated heterocycles. The smallest absolute Gasteiger partial charge is 0.306 e. The zero-order valence-electron chi connectivity index (χ0n) is 21.7. The van der Waals surface area contributed by atoms with Crippen LogP contribution >= 0.6 is 0 Å². The Balaban J connectivity index is 0.000000809. The minimum atomic E-state index is -1.10. The summed E-state index contributed by atoms with van der Waals surface area (Å²) >= 11 is 0. The standard InChI is InChI=1S/C22H26FN3O3.C4H10N2O/c1-21(2,3)17-12-18(15-6-8-16(23)9-7-15)25-26(20(17)24)11-10-22(4,14-27)13-19(28)29-5;1-5-2-3-6-4-7/h6-12,14,24H,13H2,1-5H3;4-5H,2-3H2,1H3,(H,6,7)/b11-10+,24-20?;. The normalized spacial score (nSPS) is 12.8. The predicted octanol–water partition coefficient (Wildman–Crippen LogP) is 2.66. The van der Waals surface area contributed by atoms with Gasteiger partial charge in [0, 0.05) is 30.4 Å². The number of methoxy groups -OCH3 is 1. The maximum absolute atomic E-state index is 13.3. The first-order valence-electron chi connectivity index (χ1n) is 11.4. The van der Waals surface area contributed by atoms with Gasteiger partial charge in [-0.25, -0.2) is 9.07 Å². The van der Waals surface area contributed by atoms with Crippen molar-refractivity contribution in [2.75, 3.05) is 27.2 Å². The van der Waals surface area contributed by atoms with Crippen molar-refractivity contribution in [3.8, 4) is 11.3 Å². The lowest BCUT2D eigenvalue weighted by molar-refractivity contribution is -0.143. The van der Waals surface area contributed by atoms with Gasteiger partial charge >= 0.3 is 5.97 Å². The number of hydrogen-bond acceptors (Lipinski definition) is 7. The lowest BCUT2D eigenvalue weighted by Gasteiger charge is -2.21. The molecule has 0 aliphatic carbocycles. The summed E-state index contributed by atoms with van der Waals surface area (Å²) in [5.74, 6) is -0.858. The zero-order valence-corrected chi connectivity index (χ0v) is 21.7. The Morgan fingerprint density at radius 1 is 1.17 bits per heavy atom. The first-order valence-corrected chi connectivity index (χ1v) is 11.4. The number of likely N-dealkylation sites (N-methyl/N-ethyl adjacent to an activating group) is 1. The average Bonchev–Trinajstić information content (AvgIpc) is 2.84. The van der Waals surface area contributed by atoms with E-state index >= 15 is 0 Å². The summed E-state index contributed by atoms with van der Waals surface area (Å²) < 4.78 is 19.3. The number of esters is 1. The number of nitrogens with zero attached hydrogens (tertiary/aromatic N) is 2. The van der Waals surface area contributed by atoms with Gasteiger partial charge < -0.3 is 20.2 Å². The number of aldehydes is 1. The van der Waals surface area contributed by atoms with Gasteiger partial charge in [0.15, 0.2) is 0 Å². The van der Waals surface area contributed by atoms with Crippen molar-refractivity contribution in [2.45, 2.75) is 39.5 Å². The van der Waals surface area contributed by atoms with Crippen molar-refractivity contribution in [2.24, 2.45) is 5.41 Å². The molecule has 2 aromatic rings. The third-order valence-electron chi connectivity index (χ3n) is 5.15. The van der Waals surface area contributed by atoms with E-state index in [0.29, 0.717) is 30.5 Å². The fraction of sp³-hybridized carbons (Fsp3) is 0.423. The maximum Gasteiger partial charge on any atom is 0.306 e. The van der Waals surface area contributed by atoms with Crippen LogP contribution in [0.25, 0.3) is 17.5 Å². The Bertz CT molecular complexity index is 1110. The van der Waals surface area contributed by atoms with Gasteiger partial charge in [-0.2, -0.15) is 5.10 Å². The van der Waals surface area contributed by atoms with E-state index in [2.05, 4.69) is 20.5 Å². The molecule has 196 valence electrons. The van der Waals surface area contributed by atoms with Crippen LogP contribution in [-0.2, 0) is 24.5 Å². The molecule has 0 bridgehead atoms. The average molecular weight is 502 g/mol. The first kappa shape index (κ1) is 30.4. The number of benzene rings is 1. The highest BCUT2D eigenvalue weighted by Crippen LogP contribution is 2.25. The molecule has 0 spiro atoms. The Labute approximate surface area is 211 Å². The van der Waals surface area contributed by atoms with Gasteiger partial charge in [-0.3, -0.25) is 15.0 Å². The highest BCUT2D eigenvalue weighted by Gasteiger charge is 2.25. The molecule has 1 aromatic heterocycles. The van der Waals surface area contributed by atoms with Crippen LogP contribution in [-0.4, -0.2) is 55.7 Å². The number of ether oxygens (including phenoxy) is 1. The van der Waals surface area contributed by atoms with E-state index in [0.717, 1.165) is 12.1 Å². The van der Waals surface area contributed by atoms with Crippen LogP contribution in [0.2, 0.25) is 0 Å². The number of halogens is 1. The first-order chi connectivity index (χ1) is 16.9. The summed E-state index contributed by atoms with van der Waals surface area (Å²) in [7, 11) is 3.10. The number of amides is 1. The third kappa shape index (κ3) is 9.53. The Morgan fingerprint density at radius 3 is 2.31 bits per heavy atom.